The van der Waals surface area contributed by atoms with Gasteiger partial charge in [0.25, 0.3) is 0 Å². The number of aromatic nitrogens is 3. The molecular weight excluding hydrogens is 474 g/mol. The molecule has 2 aliphatic carbocycles. The Morgan fingerprint density at radius 3 is 2.34 bits per heavy atom. The van der Waals surface area contributed by atoms with Crippen LogP contribution in [0.15, 0.2) is 30.7 Å². The van der Waals surface area contributed by atoms with E-state index in [2.05, 4.69) is 19.7 Å². The molecule has 4 heterocycles. The van der Waals surface area contributed by atoms with Crippen LogP contribution in [0, 0.1) is 17.3 Å². The van der Waals surface area contributed by atoms with E-state index >= 15 is 0 Å². The third-order valence-corrected chi connectivity index (χ3v) is 10.1. The van der Waals surface area contributed by atoms with Crippen molar-refractivity contribution in [3.8, 4) is 17.0 Å². The Balaban J connectivity index is 0.000000145. The number of hydrogen-bond donors (Lipinski definition) is 0. The van der Waals surface area contributed by atoms with Crippen molar-refractivity contribution in [2.45, 2.75) is 64.6 Å². The van der Waals surface area contributed by atoms with E-state index in [1.54, 1.807) is 10.9 Å². The molecule has 7 nitrogen and oxygen atoms in total. The highest BCUT2D eigenvalue weighted by atomic mass is 32.2. The first-order chi connectivity index (χ1) is 16.6. The number of likely N-dealkylation sites (tertiary alicyclic amines) is 1. The third-order valence-electron chi connectivity index (χ3n) is 8.02. The van der Waals surface area contributed by atoms with Crippen LogP contribution in [0.25, 0.3) is 11.3 Å². The van der Waals surface area contributed by atoms with Gasteiger partial charge in [-0.15, -0.1) is 0 Å². The smallest absolute Gasteiger partial charge is 0.387 e. The lowest BCUT2D eigenvalue weighted by Gasteiger charge is -2.48. The molecule has 1 spiro atoms. The number of hydrogen-bond acceptors (Lipinski definition) is 6. The van der Waals surface area contributed by atoms with Gasteiger partial charge in [0.15, 0.2) is 9.84 Å². The number of alkyl halides is 2. The standard InChI is InChI=1S/C13H21NO2S.C12H13F2N3O/c15-17(16)8-13(9-17)1-3-14(4-2-13)12-6-10-5-11(10)7-12;1-8(2)17-4-3-11(16-17)9-5-10(7-15-6-9)18-12(13)14/h10-12H,1-9H2;3-8,12H,1-2H3/t10-,11+,12?;. The molecule has 6 rings (SSSR count). The minimum absolute atomic E-state index is 0.0293. The Labute approximate surface area is 205 Å². The zero-order chi connectivity index (χ0) is 24.8. The van der Waals surface area contributed by atoms with Gasteiger partial charge in [-0.2, -0.15) is 13.9 Å². The molecule has 2 saturated heterocycles. The van der Waals surface area contributed by atoms with Crippen molar-refractivity contribution < 1.29 is 21.9 Å². The highest BCUT2D eigenvalue weighted by Gasteiger charge is 2.52. The van der Waals surface area contributed by atoms with Crippen LogP contribution in [0.2, 0.25) is 0 Å². The van der Waals surface area contributed by atoms with Gasteiger partial charge in [-0.25, -0.2) is 8.42 Å². The first-order valence-corrected chi connectivity index (χ1v) is 14.3. The quantitative estimate of drug-likeness (QED) is 0.595. The van der Waals surface area contributed by atoms with Crippen LogP contribution in [-0.2, 0) is 9.84 Å². The average molecular weight is 509 g/mol. The normalized spacial score (nSPS) is 28.3. The summed E-state index contributed by atoms with van der Waals surface area (Å²) in [5.41, 5.74) is 1.51. The van der Waals surface area contributed by atoms with Crippen LogP contribution in [-0.4, -0.2) is 65.3 Å². The molecule has 192 valence electrons. The molecule has 35 heavy (non-hydrogen) atoms. The second-order valence-electron chi connectivity index (χ2n) is 11.0. The van der Waals surface area contributed by atoms with Crippen LogP contribution >= 0.6 is 0 Å². The molecule has 2 saturated carbocycles. The number of pyridine rings is 1. The molecule has 4 aliphatic rings. The molecule has 2 aromatic rings. The van der Waals surface area contributed by atoms with Crippen molar-refractivity contribution in [1.82, 2.24) is 19.7 Å². The number of halogens is 2. The van der Waals surface area contributed by atoms with E-state index in [0.717, 1.165) is 43.8 Å². The van der Waals surface area contributed by atoms with Crippen LogP contribution < -0.4 is 4.74 Å². The van der Waals surface area contributed by atoms with E-state index in [0.29, 0.717) is 22.8 Å². The van der Waals surface area contributed by atoms with Gasteiger partial charge in [0.2, 0.25) is 0 Å². The van der Waals surface area contributed by atoms with E-state index in [9.17, 15) is 17.2 Å². The molecule has 0 radical (unpaired) electrons. The monoisotopic (exact) mass is 508 g/mol. The van der Waals surface area contributed by atoms with Crippen LogP contribution in [0.3, 0.4) is 0 Å². The van der Waals surface area contributed by atoms with Crippen molar-refractivity contribution in [2.75, 3.05) is 24.6 Å². The molecule has 0 aromatic carbocycles. The fourth-order valence-electron chi connectivity index (χ4n) is 6.03. The zero-order valence-corrected chi connectivity index (χ0v) is 21.1. The fourth-order valence-corrected chi connectivity index (χ4v) is 8.39. The number of ether oxygens (including phenoxy) is 1. The second-order valence-corrected chi connectivity index (χ2v) is 13.1. The van der Waals surface area contributed by atoms with E-state index in [-0.39, 0.29) is 17.2 Å². The first kappa shape index (κ1) is 24.6. The Bertz CT molecular complexity index is 1120. The molecule has 0 amide bonds. The van der Waals surface area contributed by atoms with E-state index in [1.807, 2.05) is 26.1 Å². The van der Waals surface area contributed by atoms with Gasteiger partial charge in [-0.1, -0.05) is 0 Å². The maximum Gasteiger partial charge on any atom is 0.387 e. The van der Waals surface area contributed by atoms with Crippen LogP contribution in [0.1, 0.15) is 52.0 Å². The highest BCUT2D eigenvalue weighted by molar-refractivity contribution is 7.92. The summed E-state index contributed by atoms with van der Waals surface area (Å²) in [6, 6.07) is 4.38. The van der Waals surface area contributed by atoms with Crippen molar-refractivity contribution >= 4 is 9.84 Å². The van der Waals surface area contributed by atoms with Gasteiger partial charge in [0.05, 0.1) is 23.4 Å². The summed E-state index contributed by atoms with van der Waals surface area (Å²) >= 11 is 0. The first-order valence-electron chi connectivity index (χ1n) is 12.5. The lowest BCUT2D eigenvalue weighted by Crippen LogP contribution is -2.55. The van der Waals surface area contributed by atoms with E-state index < -0.39 is 16.4 Å². The van der Waals surface area contributed by atoms with Gasteiger partial charge in [0.1, 0.15) is 5.75 Å². The third kappa shape index (κ3) is 5.69. The average Bonchev–Trinajstić information content (AvgIpc) is 3.17. The van der Waals surface area contributed by atoms with Gasteiger partial charge in [-0.3, -0.25) is 9.67 Å². The molecule has 0 N–H and O–H groups in total. The predicted octanol–water partition coefficient (Wildman–Crippen LogP) is 4.42. The summed E-state index contributed by atoms with van der Waals surface area (Å²) in [6.07, 6.45) is 11.2. The predicted molar refractivity (Wildman–Crippen MR) is 129 cm³/mol. The molecular formula is C25H34F2N4O3S. The number of fused-ring (bicyclic) bond motifs is 1. The largest absolute Gasteiger partial charge is 0.433 e. The molecule has 0 bridgehead atoms. The summed E-state index contributed by atoms with van der Waals surface area (Å²) < 4.78 is 52.9. The Morgan fingerprint density at radius 1 is 1.09 bits per heavy atom. The minimum atomic E-state index is -2.85. The topological polar surface area (TPSA) is 77.3 Å². The SMILES string of the molecule is CC(C)n1ccc(-c2cncc(OC(F)F)c2)n1.O=S1(=O)CC2(CCN(C3C[C@@H]4C[C@@H]4C3)CC2)C1. The lowest BCUT2D eigenvalue weighted by atomic mass is 9.80. The molecule has 3 atom stereocenters. The number of nitrogens with zero attached hydrogens (tertiary/aromatic N) is 4. The lowest BCUT2D eigenvalue weighted by molar-refractivity contribution is -0.0500. The van der Waals surface area contributed by atoms with Gasteiger partial charge >= 0.3 is 6.61 Å². The molecule has 2 aromatic heterocycles. The summed E-state index contributed by atoms with van der Waals surface area (Å²) in [5.74, 6) is 3.09. The van der Waals surface area contributed by atoms with Crippen LogP contribution in [0.4, 0.5) is 8.78 Å². The molecule has 1 unspecified atom stereocenters. The fraction of sp³-hybridized carbons (Fsp3) is 0.680. The number of rotatable bonds is 5. The summed E-state index contributed by atoms with van der Waals surface area (Å²) in [5, 5.41) is 4.33. The summed E-state index contributed by atoms with van der Waals surface area (Å²) in [4.78, 5) is 6.52. The number of piperidine rings is 1. The van der Waals surface area contributed by atoms with Crippen molar-refractivity contribution in [2.24, 2.45) is 17.3 Å². The zero-order valence-electron chi connectivity index (χ0n) is 20.3. The highest BCUT2D eigenvalue weighted by Crippen LogP contribution is 2.54. The molecule has 2 aliphatic heterocycles. The van der Waals surface area contributed by atoms with E-state index in [4.69, 9.17) is 0 Å². The Hall–Kier alpha value is -2.07. The van der Waals surface area contributed by atoms with Gasteiger partial charge in [-0.05, 0) is 83.0 Å². The van der Waals surface area contributed by atoms with Crippen LogP contribution in [0.5, 0.6) is 5.75 Å². The van der Waals surface area contributed by atoms with Crippen molar-refractivity contribution in [3.63, 3.8) is 0 Å². The van der Waals surface area contributed by atoms with Gasteiger partial charge < -0.3 is 9.64 Å². The second kappa shape index (κ2) is 9.42. The van der Waals surface area contributed by atoms with Gasteiger partial charge in [0, 0.05) is 35.5 Å². The molecule has 4 fully saturated rings. The Morgan fingerprint density at radius 2 is 1.77 bits per heavy atom. The molecule has 10 heteroatoms. The summed E-state index contributed by atoms with van der Waals surface area (Å²) in [6.45, 7) is 3.46. The summed E-state index contributed by atoms with van der Waals surface area (Å²) in [7, 11) is -2.65. The Kier molecular flexibility index (Phi) is 6.63. The van der Waals surface area contributed by atoms with Crippen molar-refractivity contribution in [3.05, 3.63) is 30.7 Å². The maximum absolute atomic E-state index is 12.1. The van der Waals surface area contributed by atoms with Crippen molar-refractivity contribution in [1.29, 1.82) is 0 Å². The number of sulfone groups is 1. The maximum atomic E-state index is 12.1. The minimum Gasteiger partial charge on any atom is -0.433 e. The van der Waals surface area contributed by atoms with E-state index in [1.165, 1.54) is 31.5 Å².